The van der Waals surface area contributed by atoms with Crippen LogP contribution in [-0.2, 0) is 11.2 Å². The first-order valence-electron chi connectivity index (χ1n) is 7.31. The van der Waals surface area contributed by atoms with Gasteiger partial charge in [0, 0.05) is 19.1 Å². The fourth-order valence-corrected chi connectivity index (χ4v) is 2.04. The molecule has 0 aromatic heterocycles. The lowest BCUT2D eigenvalue weighted by molar-refractivity contribution is -0.137. The average Bonchev–Trinajstić information content (AvgIpc) is 2.44. The van der Waals surface area contributed by atoms with Gasteiger partial charge in [0.05, 0.1) is 6.42 Å². The van der Waals surface area contributed by atoms with E-state index in [1.807, 2.05) is 32.0 Å². The van der Waals surface area contributed by atoms with Crippen molar-refractivity contribution in [3.63, 3.8) is 0 Å². The number of nitrogens with one attached hydrogen (secondary N) is 1. The third kappa shape index (κ3) is 6.79. The van der Waals surface area contributed by atoms with Crippen LogP contribution in [0.5, 0.6) is 0 Å². The number of nitrogens with zero attached hydrogens (tertiary/aromatic N) is 1. The number of benzene rings is 1. The van der Waals surface area contributed by atoms with Gasteiger partial charge in [-0.2, -0.15) is 0 Å². The Balaban J connectivity index is 2.31. The Hall–Kier alpha value is -2.04. The van der Waals surface area contributed by atoms with Crippen molar-refractivity contribution in [1.82, 2.24) is 10.2 Å². The van der Waals surface area contributed by atoms with E-state index in [0.29, 0.717) is 6.54 Å². The molecule has 2 amide bonds. The third-order valence-corrected chi connectivity index (χ3v) is 3.21. The number of amides is 2. The summed E-state index contributed by atoms with van der Waals surface area (Å²) in [6.45, 7) is 4.58. The molecule has 0 spiro atoms. The lowest BCUT2D eigenvalue weighted by Crippen LogP contribution is -2.45. The Morgan fingerprint density at radius 2 is 1.90 bits per heavy atom. The predicted octanol–water partition coefficient (Wildman–Crippen LogP) is 2.51. The van der Waals surface area contributed by atoms with Crippen molar-refractivity contribution < 1.29 is 14.7 Å². The Morgan fingerprint density at radius 3 is 2.48 bits per heavy atom. The molecule has 1 rings (SSSR count). The number of hydrogen-bond donors (Lipinski definition) is 2. The van der Waals surface area contributed by atoms with Crippen LogP contribution < -0.4 is 5.32 Å². The SMILES string of the molecule is CC(C)N(CCC(=O)O)C(=O)NCCCc1ccccc1. The summed E-state index contributed by atoms with van der Waals surface area (Å²) >= 11 is 0. The molecule has 0 bridgehead atoms. The lowest BCUT2D eigenvalue weighted by Gasteiger charge is -2.26. The number of hydrogen-bond acceptors (Lipinski definition) is 2. The molecule has 0 aliphatic heterocycles. The summed E-state index contributed by atoms with van der Waals surface area (Å²) in [5.41, 5.74) is 1.25. The quantitative estimate of drug-likeness (QED) is 0.723. The van der Waals surface area contributed by atoms with Crippen molar-refractivity contribution in [2.24, 2.45) is 0 Å². The van der Waals surface area contributed by atoms with Crippen molar-refractivity contribution in [1.29, 1.82) is 0 Å². The third-order valence-electron chi connectivity index (χ3n) is 3.21. The molecule has 5 nitrogen and oxygen atoms in total. The highest BCUT2D eigenvalue weighted by molar-refractivity contribution is 5.75. The Labute approximate surface area is 126 Å². The summed E-state index contributed by atoms with van der Waals surface area (Å²) in [6.07, 6.45) is 1.74. The number of carboxylic acid groups (broad SMARTS) is 1. The first kappa shape index (κ1) is 17.0. The standard InChI is InChI=1S/C16H24N2O3/c1-13(2)18(12-10-15(19)20)16(21)17-11-6-9-14-7-4-3-5-8-14/h3-5,7-8,13H,6,9-12H2,1-2H3,(H,17,21)(H,19,20). The van der Waals surface area contributed by atoms with Gasteiger partial charge in [0.1, 0.15) is 0 Å². The zero-order chi connectivity index (χ0) is 15.7. The van der Waals surface area contributed by atoms with Gasteiger partial charge < -0.3 is 15.3 Å². The molecular formula is C16H24N2O3. The normalized spacial score (nSPS) is 10.4. The molecule has 0 fully saturated rings. The topological polar surface area (TPSA) is 69.6 Å². The van der Waals surface area contributed by atoms with E-state index in [0.717, 1.165) is 12.8 Å². The molecule has 5 heteroatoms. The van der Waals surface area contributed by atoms with Gasteiger partial charge in [-0.05, 0) is 32.3 Å². The minimum atomic E-state index is -0.891. The highest BCUT2D eigenvalue weighted by atomic mass is 16.4. The maximum atomic E-state index is 12.0. The molecule has 0 aliphatic carbocycles. The van der Waals surface area contributed by atoms with E-state index in [2.05, 4.69) is 17.4 Å². The second-order valence-electron chi connectivity index (χ2n) is 5.25. The fourth-order valence-electron chi connectivity index (χ4n) is 2.04. The number of urea groups is 1. The fraction of sp³-hybridized carbons (Fsp3) is 0.500. The predicted molar refractivity (Wildman–Crippen MR) is 82.3 cm³/mol. The molecule has 1 aromatic rings. The summed E-state index contributed by atoms with van der Waals surface area (Å²) in [6, 6.07) is 9.90. The zero-order valence-electron chi connectivity index (χ0n) is 12.7. The molecule has 0 saturated carbocycles. The number of aliphatic carboxylic acids is 1. The van der Waals surface area contributed by atoms with E-state index >= 15 is 0 Å². The van der Waals surface area contributed by atoms with Gasteiger partial charge in [-0.25, -0.2) is 4.79 Å². The van der Waals surface area contributed by atoms with Gasteiger partial charge >= 0.3 is 12.0 Å². The molecular weight excluding hydrogens is 268 g/mol. The minimum absolute atomic E-state index is 0.0153. The van der Waals surface area contributed by atoms with Gasteiger partial charge in [-0.15, -0.1) is 0 Å². The van der Waals surface area contributed by atoms with Crippen molar-refractivity contribution in [3.05, 3.63) is 35.9 Å². The number of aryl methyl sites for hydroxylation is 1. The largest absolute Gasteiger partial charge is 0.481 e. The van der Waals surface area contributed by atoms with Crippen molar-refractivity contribution in [2.75, 3.05) is 13.1 Å². The average molecular weight is 292 g/mol. The molecule has 0 radical (unpaired) electrons. The van der Waals surface area contributed by atoms with Crippen LogP contribution in [0, 0.1) is 0 Å². The molecule has 0 heterocycles. The van der Waals surface area contributed by atoms with Gasteiger partial charge in [-0.1, -0.05) is 30.3 Å². The number of rotatable bonds is 8. The van der Waals surface area contributed by atoms with Crippen molar-refractivity contribution in [3.8, 4) is 0 Å². The van der Waals surface area contributed by atoms with E-state index in [4.69, 9.17) is 5.11 Å². The monoisotopic (exact) mass is 292 g/mol. The smallest absolute Gasteiger partial charge is 0.317 e. The first-order chi connectivity index (χ1) is 10.0. The number of carbonyl (C=O) groups is 2. The van der Waals surface area contributed by atoms with E-state index < -0.39 is 5.97 Å². The van der Waals surface area contributed by atoms with Gasteiger partial charge in [0.15, 0.2) is 0 Å². The van der Waals surface area contributed by atoms with Crippen LogP contribution in [0.25, 0.3) is 0 Å². The Bertz CT molecular complexity index is 446. The van der Waals surface area contributed by atoms with Crippen LogP contribution in [0.3, 0.4) is 0 Å². The molecule has 116 valence electrons. The van der Waals surface area contributed by atoms with Crippen LogP contribution in [0.4, 0.5) is 4.79 Å². The van der Waals surface area contributed by atoms with Crippen molar-refractivity contribution in [2.45, 2.75) is 39.2 Å². The molecule has 1 aromatic carbocycles. The van der Waals surface area contributed by atoms with Crippen LogP contribution in [0.1, 0.15) is 32.3 Å². The molecule has 0 unspecified atom stereocenters. The molecule has 0 atom stereocenters. The maximum absolute atomic E-state index is 12.0. The van der Waals surface area contributed by atoms with Gasteiger partial charge in [0.25, 0.3) is 0 Å². The highest BCUT2D eigenvalue weighted by Crippen LogP contribution is 2.03. The van der Waals surface area contributed by atoms with Crippen molar-refractivity contribution >= 4 is 12.0 Å². The summed E-state index contributed by atoms with van der Waals surface area (Å²) in [5, 5.41) is 11.6. The second kappa shape index (κ2) is 9.00. The number of carbonyl (C=O) groups excluding carboxylic acids is 1. The maximum Gasteiger partial charge on any atom is 0.317 e. The van der Waals surface area contributed by atoms with E-state index in [9.17, 15) is 9.59 Å². The molecule has 0 aliphatic rings. The van der Waals surface area contributed by atoms with Crippen LogP contribution >= 0.6 is 0 Å². The van der Waals surface area contributed by atoms with Gasteiger partial charge in [-0.3, -0.25) is 4.79 Å². The van der Waals surface area contributed by atoms with Gasteiger partial charge in [0.2, 0.25) is 0 Å². The second-order valence-corrected chi connectivity index (χ2v) is 5.25. The summed E-state index contributed by atoms with van der Waals surface area (Å²) < 4.78 is 0. The van der Waals surface area contributed by atoms with Crippen LogP contribution in [0.15, 0.2) is 30.3 Å². The van der Waals surface area contributed by atoms with Crippen LogP contribution in [0.2, 0.25) is 0 Å². The summed E-state index contributed by atoms with van der Waals surface area (Å²) in [5.74, 6) is -0.891. The van der Waals surface area contributed by atoms with E-state index in [-0.39, 0.29) is 25.0 Å². The molecule has 2 N–H and O–H groups in total. The Kier molecular flexibility index (Phi) is 7.29. The van der Waals surface area contributed by atoms with E-state index in [1.165, 1.54) is 5.56 Å². The lowest BCUT2D eigenvalue weighted by atomic mass is 10.1. The first-order valence-corrected chi connectivity index (χ1v) is 7.31. The molecule has 21 heavy (non-hydrogen) atoms. The molecule has 0 saturated heterocycles. The summed E-state index contributed by atoms with van der Waals surface area (Å²) in [7, 11) is 0. The van der Waals surface area contributed by atoms with Crippen LogP contribution in [-0.4, -0.2) is 41.1 Å². The van der Waals surface area contributed by atoms with E-state index in [1.54, 1.807) is 4.90 Å². The number of carboxylic acids is 1. The Morgan fingerprint density at radius 1 is 1.24 bits per heavy atom. The minimum Gasteiger partial charge on any atom is -0.481 e. The summed E-state index contributed by atoms with van der Waals surface area (Å²) in [4.78, 5) is 24.2. The highest BCUT2D eigenvalue weighted by Gasteiger charge is 2.17. The zero-order valence-corrected chi connectivity index (χ0v) is 12.7.